The number of carbonyl (C=O) groups excluding carboxylic acids is 2. The molecule has 1 saturated carbocycles. The number of amides is 2. The standard InChI is InChI=1S/C22H27F2N5O4/c1-11(2)8-28-20-14(6-7-17(30)27-9-15(23)16(24)10-27)12(3)26-29(20)22(33)18(21(28)32)19(31)25-13-4-5-13/h6-7,11,13,15-16H,4-5,8-10H2,1-3H3,(H2,25,31,32,33)/p+1/b7-6+/t15-,16-/m0/s1. The molecule has 0 unspecified atom stereocenters. The molecule has 1 saturated heterocycles. The van der Waals surface area contributed by atoms with Gasteiger partial charge in [0.1, 0.15) is 0 Å². The van der Waals surface area contributed by atoms with Crippen LogP contribution in [0.3, 0.4) is 0 Å². The largest absolute Gasteiger partial charge is 0.477 e. The molecule has 2 atom stereocenters. The number of rotatable bonds is 6. The maximum absolute atomic E-state index is 13.5. The van der Waals surface area contributed by atoms with E-state index in [2.05, 4.69) is 10.4 Å². The second kappa shape index (κ2) is 8.60. The molecule has 2 fully saturated rings. The van der Waals surface area contributed by atoms with Crippen LogP contribution in [0.15, 0.2) is 10.9 Å². The second-order valence-corrected chi connectivity index (χ2v) is 9.17. The van der Waals surface area contributed by atoms with E-state index >= 15 is 0 Å². The van der Waals surface area contributed by atoms with E-state index in [-0.39, 0.29) is 36.3 Å². The van der Waals surface area contributed by atoms with Gasteiger partial charge in [-0.05, 0) is 31.8 Å². The number of halogens is 2. The Kier molecular flexibility index (Phi) is 5.98. The van der Waals surface area contributed by atoms with Gasteiger partial charge in [0.25, 0.3) is 5.91 Å². The number of nitrogens with one attached hydrogen (secondary N) is 2. The summed E-state index contributed by atoms with van der Waals surface area (Å²) in [5, 5.41) is 16.6. The van der Waals surface area contributed by atoms with Gasteiger partial charge in [0.2, 0.25) is 11.5 Å². The molecule has 1 aliphatic carbocycles. The maximum Gasteiger partial charge on any atom is 0.378 e. The molecular weight excluding hydrogens is 436 g/mol. The van der Waals surface area contributed by atoms with Gasteiger partial charge in [-0.25, -0.2) is 18.7 Å². The molecule has 2 aliphatic rings. The van der Waals surface area contributed by atoms with Crippen LogP contribution in [0.25, 0.3) is 11.7 Å². The zero-order valence-corrected chi connectivity index (χ0v) is 18.8. The molecule has 33 heavy (non-hydrogen) atoms. The Morgan fingerprint density at radius 2 is 1.91 bits per heavy atom. The summed E-state index contributed by atoms with van der Waals surface area (Å²) in [6, 6.07) is 0.00357. The molecule has 4 rings (SSSR count). The SMILES string of the molecule is Cc1[nH]n2c(=O)c(C(=O)NC3CC3)c(O)[n+](CC(C)C)c2c1/C=C/C(=O)N1C[C@H](F)[C@@H](F)C1. The lowest BCUT2D eigenvalue weighted by Crippen LogP contribution is -2.46. The van der Waals surface area contributed by atoms with Crippen molar-refractivity contribution in [2.75, 3.05) is 13.1 Å². The monoisotopic (exact) mass is 464 g/mol. The first-order chi connectivity index (χ1) is 15.6. The lowest BCUT2D eigenvalue weighted by Gasteiger charge is -2.12. The van der Waals surface area contributed by atoms with Gasteiger partial charge in [-0.2, -0.15) is 4.57 Å². The molecule has 11 heteroatoms. The van der Waals surface area contributed by atoms with E-state index in [0.717, 1.165) is 17.7 Å². The number of nitrogens with zero attached hydrogens (tertiary/aromatic N) is 3. The maximum atomic E-state index is 13.5. The molecule has 2 amide bonds. The second-order valence-electron chi connectivity index (χ2n) is 9.17. The highest BCUT2D eigenvalue weighted by atomic mass is 19.2. The third-order valence-corrected chi connectivity index (χ3v) is 5.86. The zero-order chi connectivity index (χ0) is 24.0. The number of hydrogen-bond donors (Lipinski definition) is 3. The van der Waals surface area contributed by atoms with Crippen LogP contribution in [0.2, 0.25) is 0 Å². The number of alkyl halides is 2. The summed E-state index contributed by atoms with van der Waals surface area (Å²) in [5.74, 6) is -1.59. The Morgan fingerprint density at radius 3 is 2.48 bits per heavy atom. The number of carbonyl (C=O) groups is 2. The summed E-state index contributed by atoms with van der Waals surface area (Å²) < 4.78 is 29.6. The summed E-state index contributed by atoms with van der Waals surface area (Å²) in [6.07, 6.45) is 0.881. The van der Waals surface area contributed by atoms with Crippen molar-refractivity contribution in [3.05, 3.63) is 33.3 Å². The van der Waals surface area contributed by atoms with E-state index in [0.29, 0.717) is 17.8 Å². The average molecular weight is 464 g/mol. The highest BCUT2D eigenvalue weighted by Crippen LogP contribution is 2.22. The Labute approximate surface area is 188 Å². The highest BCUT2D eigenvalue weighted by molar-refractivity contribution is 5.96. The lowest BCUT2D eigenvalue weighted by molar-refractivity contribution is -0.686. The van der Waals surface area contributed by atoms with Gasteiger partial charge in [-0.3, -0.25) is 9.59 Å². The number of fused-ring (bicyclic) bond motifs is 1. The predicted octanol–water partition coefficient (Wildman–Crippen LogP) is 1.01. The molecule has 2 aromatic rings. The number of hydrogen-bond acceptors (Lipinski definition) is 4. The Bertz CT molecular complexity index is 1190. The van der Waals surface area contributed by atoms with Crippen LogP contribution < -0.4 is 15.4 Å². The fourth-order valence-corrected chi connectivity index (χ4v) is 4.01. The first kappa shape index (κ1) is 22.9. The molecule has 3 heterocycles. The number of aryl methyl sites for hydroxylation is 1. The fraction of sp³-hybridized carbons (Fsp3) is 0.545. The summed E-state index contributed by atoms with van der Waals surface area (Å²) in [6.45, 7) is 5.19. The summed E-state index contributed by atoms with van der Waals surface area (Å²) in [4.78, 5) is 39.3. The van der Waals surface area contributed by atoms with E-state index in [9.17, 15) is 28.3 Å². The van der Waals surface area contributed by atoms with Crippen molar-refractivity contribution in [2.45, 2.75) is 58.5 Å². The van der Waals surface area contributed by atoms with Crippen molar-refractivity contribution in [2.24, 2.45) is 5.92 Å². The molecule has 1 aliphatic heterocycles. The minimum Gasteiger partial charge on any atom is -0.477 e. The van der Waals surface area contributed by atoms with Crippen molar-refractivity contribution in [3.63, 3.8) is 0 Å². The Balaban J connectivity index is 1.79. The molecule has 0 aromatic carbocycles. The number of H-pyrrole nitrogens is 1. The van der Waals surface area contributed by atoms with Crippen molar-refractivity contribution < 1.29 is 28.0 Å². The van der Waals surface area contributed by atoms with Crippen LogP contribution in [0.1, 0.15) is 48.3 Å². The Morgan fingerprint density at radius 1 is 1.27 bits per heavy atom. The molecule has 0 bridgehead atoms. The van der Waals surface area contributed by atoms with Crippen molar-refractivity contribution in [1.29, 1.82) is 0 Å². The first-order valence-corrected chi connectivity index (χ1v) is 11.0. The number of likely N-dealkylation sites (tertiary alicyclic amines) is 1. The lowest BCUT2D eigenvalue weighted by atomic mass is 10.1. The number of aromatic hydroxyl groups is 1. The first-order valence-electron chi connectivity index (χ1n) is 11.0. The zero-order valence-electron chi connectivity index (χ0n) is 18.8. The smallest absolute Gasteiger partial charge is 0.378 e. The molecule has 2 aromatic heterocycles. The minimum absolute atomic E-state index is 0.00357. The van der Waals surface area contributed by atoms with Crippen LogP contribution in [-0.2, 0) is 11.3 Å². The quantitative estimate of drug-likeness (QED) is 0.438. The van der Waals surface area contributed by atoms with Crippen molar-refractivity contribution >= 4 is 23.5 Å². The molecule has 0 spiro atoms. The van der Waals surface area contributed by atoms with E-state index < -0.39 is 35.6 Å². The molecule has 3 N–H and O–H groups in total. The van der Waals surface area contributed by atoms with E-state index in [1.54, 1.807) is 6.92 Å². The van der Waals surface area contributed by atoms with Crippen LogP contribution >= 0.6 is 0 Å². The van der Waals surface area contributed by atoms with Crippen molar-refractivity contribution in [1.82, 2.24) is 19.8 Å². The molecular formula is C22H28F2N5O4+. The summed E-state index contributed by atoms with van der Waals surface area (Å²) in [5.41, 5.74) is 0.172. The van der Waals surface area contributed by atoms with Gasteiger partial charge in [-0.15, -0.1) is 0 Å². The summed E-state index contributed by atoms with van der Waals surface area (Å²) >= 11 is 0. The van der Waals surface area contributed by atoms with Crippen molar-refractivity contribution in [3.8, 4) is 5.88 Å². The molecule has 9 nitrogen and oxygen atoms in total. The van der Waals surface area contributed by atoms with E-state index in [1.807, 2.05) is 13.8 Å². The van der Waals surface area contributed by atoms with Gasteiger partial charge in [0.05, 0.1) is 30.9 Å². The third-order valence-electron chi connectivity index (χ3n) is 5.86. The predicted molar refractivity (Wildman–Crippen MR) is 115 cm³/mol. The van der Waals surface area contributed by atoms with Gasteiger partial charge in [0, 0.05) is 12.1 Å². The molecule has 178 valence electrons. The van der Waals surface area contributed by atoms with Gasteiger partial charge < -0.3 is 15.3 Å². The van der Waals surface area contributed by atoms with Crippen LogP contribution in [0, 0.1) is 12.8 Å². The van der Waals surface area contributed by atoms with Crippen LogP contribution in [-0.4, -0.2) is 62.9 Å². The van der Waals surface area contributed by atoms with Gasteiger partial charge in [-0.1, -0.05) is 18.4 Å². The molecule has 0 radical (unpaired) electrons. The van der Waals surface area contributed by atoms with Gasteiger partial charge in [0.15, 0.2) is 12.3 Å². The van der Waals surface area contributed by atoms with E-state index in [4.69, 9.17) is 0 Å². The van der Waals surface area contributed by atoms with E-state index in [1.165, 1.54) is 21.2 Å². The normalized spacial score (nSPS) is 21.0. The summed E-state index contributed by atoms with van der Waals surface area (Å²) in [7, 11) is 0. The topological polar surface area (TPSA) is 111 Å². The number of aromatic nitrogens is 3. The fourth-order valence-electron chi connectivity index (χ4n) is 4.01. The van der Waals surface area contributed by atoms with Gasteiger partial charge >= 0.3 is 17.1 Å². The third kappa shape index (κ3) is 4.36. The van der Waals surface area contributed by atoms with Crippen LogP contribution in [0.4, 0.5) is 8.78 Å². The number of aromatic amines is 1. The van der Waals surface area contributed by atoms with Crippen LogP contribution in [0.5, 0.6) is 5.88 Å². The minimum atomic E-state index is -1.71. The average Bonchev–Trinajstić information content (AvgIpc) is 3.40. The highest BCUT2D eigenvalue weighted by Gasteiger charge is 2.36. The Hall–Kier alpha value is -3.24.